The molecule has 1 fully saturated rings. The standard InChI is InChI=1S/C17H20N4O2/c1-19-8-12(7-18-19)9-21-10-14-16(11-21)23-15-6-4-3-5-13(15)17(22)20(14)2/h3-8,14,16H,9-11H2,1-2H3/t14-,16+/m1/s1. The van der Waals surface area contributed by atoms with E-state index in [2.05, 4.69) is 10.00 Å². The third-order valence-electron chi connectivity index (χ3n) is 4.69. The zero-order valence-corrected chi connectivity index (χ0v) is 13.3. The molecule has 3 heterocycles. The number of fused-ring (bicyclic) bond motifs is 2. The van der Waals surface area contributed by atoms with Crippen LogP contribution in [0.25, 0.3) is 0 Å². The first-order valence-electron chi connectivity index (χ1n) is 7.84. The molecule has 6 heteroatoms. The number of aromatic nitrogens is 2. The van der Waals surface area contributed by atoms with Crippen LogP contribution >= 0.6 is 0 Å². The first-order valence-corrected chi connectivity index (χ1v) is 7.84. The van der Waals surface area contributed by atoms with Crippen molar-refractivity contribution in [3.8, 4) is 5.75 Å². The number of para-hydroxylation sites is 1. The van der Waals surface area contributed by atoms with Crippen LogP contribution in [0, 0.1) is 0 Å². The Morgan fingerprint density at radius 1 is 1.26 bits per heavy atom. The van der Waals surface area contributed by atoms with Crippen molar-refractivity contribution in [3.63, 3.8) is 0 Å². The van der Waals surface area contributed by atoms with Crippen molar-refractivity contribution in [1.29, 1.82) is 0 Å². The second-order valence-corrected chi connectivity index (χ2v) is 6.35. The summed E-state index contributed by atoms with van der Waals surface area (Å²) in [6, 6.07) is 7.58. The minimum absolute atomic E-state index is 0.00396. The molecule has 6 nitrogen and oxygen atoms in total. The Balaban J connectivity index is 1.56. The fourth-order valence-electron chi connectivity index (χ4n) is 3.51. The van der Waals surface area contributed by atoms with Gasteiger partial charge in [-0.25, -0.2) is 0 Å². The normalized spacial score (nSPS) is 24.1. The fraction of sp³-hybridized carbons (Fsp3) is 0.412. The van der Waals surface area contributed by atoms with Gasteiger partial charge in [0.2, 0.25) is 0 Å². The van der Waals surface area contributed by atoms with Gasteiger partial charge in [-0.2, -0.15) is 5.10 Å². The maximum Gasteiger partial charge on any atom is 0.257 e. The Morgan fingerprint density at radius 2 is 2.09 bits per heavy atom. The van der Waals surface area contributed by atoms with Gasteiger partial charge in [-0.1, -0.05) is 12.1 Å². The first kappa shape index (κ1) is 14.3. The molecule has 2 aliphatic rings. The molecular weight excluding hydrogens is 292 g/mol. The third kappa shape index (κ3) is 2.49. The van der Waals surface area contributed by atoms with Gasteiger partial charge in [-0.05, 0) is 12.1 Å². The number of rotatable bonds is 2. The van der Waals surface area contributed by atoms with Gasteiger partial charge < -0.3 is 9.64 Å². The number of amides is 1. The number of carbonyl (C=O) groups excluding carboxylic acids is 1. The molecule has 0 N–H and O–H groups in total. The van der Waals surface area contributed by atoms with Crippen molar-refractivity contribution in [1.82, 2.24) is 19.6 Å². The van der Waals surface area contributed by atoms with Crippen LogP contribution in [-0.4, -0.2) is 57.8 Å². The van der Waals surface area contributed by atoms with E-state index in [1.54, 1.807) is 0 Å². The molecule has 2 aliphatic heterocycles. The Morgan fingerprint density at radius 3 is 2.87 bits per heavy atom. The minimum atomic E-state index is 0.00396. The lowest BCUT2D eigenvalue weighted by Crippen LogP contribution is -2.44. The molecule has 120 valence electrons. The van der Waals surface area contributed by atoms with E-state index in [0.717, 1.165) is 19.6 Å². The number of aryl methyl sites for hydroxylation is 1. The van der Waals surface area contributed by atoms with Gasteiger partial charge >= 0.3 is 0 Å². The number of carbonyl (C=O) groups is 1. The molecule has 0 spiro atoms. The van der Waals surface area contributed by atoms with Crippen LogP contribution in [0.3, 0.4) is 0 Å². The van der Waals surface area contributed by atoms with Gasteiger partial charge in [0.1, 0.15) is 11.9 Å². The van der Waals surface area contributed by atoms with Crippen molar-refractivity contribution >= 4 is 5.91 Å². The SMILES string of the molecule is CN1C(=O)c2ccccc2O[C@H]2CN(Cc3cnn(C)c3)C[C@H]21. The molecule has 0 radical (unpaired) electrons. The van der Waals surface area contributed by atoms with E-state index in [1.807, 2.05) is 60.3 Å². The molecule has 23 heavy (non-hydrogen) atoms. The monoisotopic (exact) mass is 312 g/mol. The van der Waals surface area contributed by atoms with Crippen molar-refractivity contribution in [2.24, 2.45) is 7.05 Å². The molecule has 0 bridgehead atoms. The number of likely N-dealkylation sites (tertiary alicyclic amines) is 1. The highest BCUT2D eigenvalue weighted by Gasteiger charge is 2.42. The Bertz CT molecular complexity index is 742. The van der Waals surface area contributed by atoms with Gasteiger partial charge in [0, 0.05) is 45.5 Å². The second-order valence-electron chi connectivity index (χ2n) is 6.35. The summed E-state index contributed by atoms with van der Waals surface area (Å²) in [5, 5.41) is 4.22. The largest absolute Gasteiger partial charge is 0.486 e. The van der Waals surface area contributed by atoms with Gasteiger partial charge in [0.15, 0.2) is 0 Å². The van der Waals surface area contributed by atoms with E-state index in [-0.39, 0.29) is 18.1 Å². The van der Waals surface area contributed by atoms with Crippen LogP contribution in [0.15, 0.2) is 36.7 Å². The first-order chi connectivity index (χ1) is 11.1. The van der Waals surface area contributed by atoms with E-state index in [1.165, 1.54) is 5.56 Å². The summed E-state index contributed by atoms with van der Waals surface area (Å²) >= 11 is 0. The highest BCUT2D eigenvalue weighted by atomic mass is 16.5. The summed E-state index contributed by atoms with van der Waals surface area (Å²) in [4.78, 5) is 16.8. The Kier molecular flexibility index (Phi) is 3.34. The smallest absolute Gasteiger partial charge is 0.257 e. The lowest BCUT2D eigenvalue weighted by atomic mass is 10.1. The van der Waals surface area contributed by atoms with Crippen LogP contribution in [-0.2, 0) is 13.6 Å². The third-order valence-corrected chi connectivity index (χ3v) is 4.69. The van der Waals surface area contributed by atoms with E-state index < -0.39 is 0 Å². The number of ether oxygens (including phenoxy) is 1. The summed E-state index contributed by atoms with van der Waals surface area (Å²) in [7, 11) is 3.79. The quantitative estimate of drug-likeness (QED) is 0.834. The number of benzene rings is 1. The molecule has 0 aliphatic carbocycles. The summed E-state index contributed by atoms with van der Waals surface area (Å²) < 4.78 is 7.98. The van der Waals surface area contributed by atoms with Crippen LogP contribution in [0.4, 0.5) is 0 Å². The van der Waals surface area contributed by atoms with Crippen LogP contribution < -0.4 is 4.74 Å². The summed E-state index contributed by atoms with van der Waals surface area (Å²) in [6.07, 6.45) is 3.92. The minimum Gasteiger partial charge on any atom is -0.486 e. The number of hydrogen-bond acceptors (Lipinski definition) is 4. The van der Waals surface area contributed by atoms with Gasteiger partial charge in [0.25, 0.3) is 5.91 Å². The average molecular weight is 312 g/mol. The predicted octanol–water partition coefficient (Wildman–Crippen LogP) is 1.14. The summed E-state index contributed by atoms with van der Waals surface area (Å²) in [5.41, 5.74) is 1.83. The van der Waals surface area contributed by atoms with Crippen molar-refractivity contribution in [2.45, 2.75) is 18.7 Å². The maximum absolute atomic E-state index is 12.7. The zero-order chi connectivity index (χ0) is 16.0. The van der Waals surface area contributed by atoms with Crippen LogP contribution in [0.5, 0.6) is 5.75 Å². The van der Waals surface area contributed by atoms with Crippen LogP contribution in [0.1, 0.15) is 15.9 Å². The predicted molar refractivity (Wildman–Crippen MR) is 85.2 cm³/mol. The van der Waals surface area contributed by atoms with E-state index in [0.29, 0.717) is 11.3 Å². The van der Waals surface area contributed by atoms with Crippen LogP contribution in [0.2, 0.25) is 0 Å². The molecule has 1 aromatic heterocycles. The second kappa shape index (κ2) is 5.38. The molecular formula is C17H20N4O2. The maximum atomic E-state index is 12.7. The molecule has 1 amide bonds. The molecule has 0 saturated carbocycles. The molecule has 2 aromatic rings. The van der Waals surface area contributed by atoms with Crippen molar-refractivity contribution in [3.05, 3.63) is 47.8 Å². The number of nitrogens with zero attached hydrogens (tertiary/aromatic N) is 4. The summed E-state index contributed by atoms with van der Waals surface area (Å²) in [5.74, 6) is 0.733. The van der Waals surface area contributed by atoms with Crippen molar-refractivity contribution < 1.29 is 9.53 Å². The average Bonchev–Trinajstić information content (AvgIpc) is 3.11. The number of hydrogen-bond donors (Lipinski definition) is 0. The highest BCUT2D eigenvalue weighted by molar-refractivity contribution is 5.97. The fourth-order valence-corrected chi connectivity index (χ4v) is 3.51. The lowest BCUT2D eigenvalue weighted by Gasteiger charge is -2.25. The molecule has 1 aromatic carbocycles. The molecule has 1 saturated heterocycles. The van der Waals surface area contributed by atoms with E-state index in [9.17, 15) is 4.79 Å². The van der Waals surface area contributed by atoms with Gasteiger partial charge in [-0.15, -0.1) is 0 Å². The molecule has 2 atom stereocenters. The lowest BCUT2D eigenvalue weighted by molar-refractivity contribution is 0.0682. The number of likely N-dealkylation sites (N-methyl/N-ethyl adjacent to an activating group) is 1. The zero-order valence-electron chi connectivity index (χ0n) is 13.3. The van der Waals surface area contributed by atoms with E-state index >= 15 is 0 Å². The highest BCUT2D eigenvalue weighted by Crippen LogP contribution is 2.30. The topological polar surface area (TPSA) is 50.6 Å². The van der Waals surface area contributed by atoms with Crippen molar-refractivity contribution in [2.75, 3.05) is 20.1 Å². The van der Waals surface area contributed by atoms with Gasteiger partial charge in [-0.3, -0.25) is 14.4 Å². The van der Waals surface area contributed by atoms with Gasteiger partial charge in [0.05, 0.1) is 17.8 Å². The Labute approximate surface area is 135 Å². The molecule has 4 rings (SSSR count). The summed E-state index contributed by atoms with van der Waals surface area (Å²) in [6.45, 7) is 2.45. The Hall–Kier alpha value is -2.34. The molecule has 0 unspecified atom stereocenters. The van der Waals surface area contributed by atoms with E-state index in [4.69, 9.17) is 4.74 Å².